The van der Waals surface area contributed by atoms with Crippen molar-refractivity contribution in [2.45, 2.75) is 45.2 Å². The summed E-state index contributed by atoms with van der Waals surface area (Å²) in [5.74, 6) is 1.67. The Bertz CT molecular complexity index is 441. The van der Waals surface area contributed by atoms with Crippen molar-refractivity contribution >= 4 is 0 Å². The molecule has 2 heteroatoms. The molecule has 1 fully saturated rings. The van der Waals surface area contributed by atoms with Crippen LogP contribution in [0.25, 0.3) is 0 Å². The van der Waals surface area contributed by atoms with Gasteiger partial charge in [-0.05, 0) is 48.8 Å². The lowest BCUT2D eigenvalue weighted by atomic mass is 9.84. The minimum Gasteiger partial charge on any atom is -0.323 e. The van der Waals surface area contributed by atoms with Crippen molar-refractivity contribution < 1.29 is 0 Å². The van der Waals surface area contributed by atoms with Crippen LogP contribution in [-0.2, 0) is 6.42 Å². The van der Waals surface area contributed by atoms with Gasteiger partial charge in [0.15, 0.2) is 0 Å². The molecule has 0 saturated carbocycles. The van der Waals surface area contributed by atoms with E-state index in [-0.39, 0.29) is 6.04 Å². The zero-order valence-corrected chi connectivity index (χ0v) is 12.2. The number of benzene rings is 1. The molecule has 104 valence electrons. The number of nitrogens with two attached hydrogens (primary N) is 1. The standard InChI is InChI=1S/C17H26N2/c1-12(2)14-9-10-19(11-14)16-8-7-13-5-3-4-6-15(13)17(16)18/h3-6,12,14,16-17H,7-11,18H2,1-2H3. The largest absolute Gasteiger partial charge is 0.323 e. The molecular formula is C17H26N2. The number of aryl methyl sites for hydroxylation is 1. The normalized spacial score (nSPS) is 31.7. The summed E-state index contributed by atoms with van der Waals surface area (Å²) in [5.41, 5.74) is 9.40. The summed E-state index contributed by atoms with van der Waals surface area (Å²) in [7, 11) is 0. The van der Waals surface area contributed by atoms with E-state index in [1.165, 1.54) is 43.5 Å². The smallest absolute Gasteiger partial charge is 0.0455 e. The third kappa shape index (κ3) is 2.44. The van der Waals surface area contributed by atoms with Crippen molar-refractivity contribution in [3.8, 4) is 0 Å². The maximum absolute atomic E-state index is 6.55. The highest BCUT2D eigenvalue weighted by Crippen LogP contribution is 2.35. The molecule has 1 heterocycles. The van der Waals surface area contributed by atoms with Crippen LogP contribution in [0.15, 0.2) is 24.3 Å². The first kappa shape index (κ1) is 13.1. The predicted octanol–water partition coefficient (Wildman–Crippen LogP) is 2.98. The number of nitrogens with zero attached hydrogens (tertiary/aromatic N) is 1. The first-order valence-corrected chi connectivity index (χ1v) is 7.74. The molecule has 1 aromatic carbocycles. The zero-order valence-electron chi connectivity index (χ0n) is 12.2. The van der Waals surface area contributed by atoms with Crippen molar-refractivity contribution in [3.05, 3.63) is 35.4 Å². The molecule has 0 amide bonds. The minimum atomic E-state index is 0.205. The zero-order chi connectivity index (χ0) is 13.4. The van der Waals surface area contributed by atoms with E-state index in [1.54, 1.807) is 0 Å². The molecule has 2 nitrogen and oxygen atoms in total. The van der Waals surface area contributed by atoms with E-state index in [0.717, 1.165) is 11.8 Å². The molecule has 3 unspecified atom stereocenters. The van der Waals surface area contributed by atoms with Crippen LogP contribution in [0.5, 0.6) is 0 Å². The van der Waals surface area contributed by atoms with Crippen molar-refractivity contribution in [3.63, 3.8) is 0 Å². The molecule has 3 rings (SSSR count). The van der Waals surface area contributed by atoms with Crippen molar-refractivity contribution in [1.29, 1.82) is 0 Å². The summed E-state index contributed by atoms with van der Waals surface area (Å²) >= 11 is 0. The Labute approximate surface area is 117 Å². The van der Waals surface area contributed by atoms with E-state index < -0.39 is 0 Å². The van der Waals surface area contributed by atoms with Crippen LogP contribution in [0.2, 0.25) is 0 Å². The minimum absolute atomic E-state index is 0.205. The third-order valence-electron chi connectivity index (χ3n) is 5.21. The first-order chi connectivity index (χ1) is 9.16. The van der Waals surface area contributed by atoms with Gasteiger partial charge < -0.3 is 5.73 Å². The monoisotopic (exact) mass is 258 g/mol. The summed E-state index contributed by atoms with van der Waals surface area (Å²) in [5, 5.41) is 0. The fourth-order valence-corrected chi connectivity index (χ4v) is 3.85. The molecule has 19 heavy (non-hydrogen) atoms. The second-order valence-electron chi connectivity index (χ2n) is 6.62. The molecule has 1 saturated heterocycles. The summed E-state index contributed by atoms with van der Waals surface area (Å²) < 4.78 is 0. The highest BCUT2D eigenvalue weighted by atomic mass is 15.2. The van der Waals surface area contributed by atoms with Crippen LogP contribution in [0.4, 0.5) is 0 Å². The lowest BCUT2D eigenvalue weighted by Gasteiger charge is -2.37. The van der Waals surface area contributed by atoms with E-state index in [9.17, 15) is 0 Å². The van der Waals surface area contributed by atoms with Gasteiger partial charge in [0, 0.05) is 18.6 Å². The Hall–Kier alpha value is -0.860. The number of hydrogen-bond acceptors (Lipinski definition) is 2. The number of hydrogen-bond donors (Lipinski definition) is 1. The second kappa shape index (κ2) is 5.26. The maximum atomic E-state index is 6.55. The molecule has 1 aliphatic heterocycles. The molecule has 1 aliphatic carbocycles. The van der Waals surface area contributed by atoms with E-state index in [4.69, 9.17) is 5.73 Å². The lowest BCUT2D eigenvalue weighted by Crippen LogP contribution is -2.44. The summed E-state index contributed by atoms with van der Waals surface area (Å²) in [4.78, 5) is 2.66. The van der Waals surface area contributed by atoms with E-state index in [0.29, 0.717) is 6.04 Å². The van der Waals surface area contributed by atoms with Crippen LogP contribution < -0.4 is 5.73 Å². The number of likely N-dealkylation sites (tertiary alicyclic amines) is 1. The number of rotatable bonds is 2. The van der Waals surface area contributed by atoms with Gasteiger partial charge in [0.05, 0.1) is 0 Å². The van der Waals surface area contributed by atoms with Gasteiger partial charge in [0.25, 0.3) is 0 Å². The highest BCUT2D eigenvalue weighted by molar-refractivity contribution is 5.33. The average Bonchev–Trinajstić information content (AvgIpc) is 2.89. The molecule has 0 aromatic heterocycles. The Morgan fingerprint density at radius 3 is 2.74 bits per heavy atom. The van der Waals surface area contributed by atoms with Crippen molar-refractivity contribution in [2.24, 2.45) is 17.6 Å². The first-order valence-electron chi connectivity index (χ1n) is 7.74. The summed E-state index contributed by atoms with van der Waals surface area (Å²) in [6.07, 6.45) is 3.77. The summed E-state index contributed by atoms with van der Waals surface area (Å²) in [6.45, 7) is 7.19. The Morgan fingerprint density at radius 1 is 1.21 bits per heavy atom. The Morgan fingerprint density at radius 2 is 2.00 bits per heavy atom. The number of fused-ring (bicyclic) bond motifs is 1. The molecular weight excluding hydrogens is 232 g/mol. The quantitative estimate of drug-likeness (QED) is 0.883. The van der Waals surface area contributed by atoms with Crippen molar-refractivity contribution in [1.82, 2.24) is 4.90 Å². The van der Waals surface area contributed by atoms with Gasteiger partial charge >= 0.3 is 0 Å². The molecule has 2 aliphatic rings. The molecule has 0 spiro atoms. The fraction of sp³-hybridized carbons (Fsp3) is 0.647. The summed E-state index contributed by atoms with van der Waals surface area (Å²) in [6, 6.07) is 9.49. The third-order valence-corrected chi connectivity index (χ3v) is 5.21. The predicted molar refractivity (Wildman–Crippen MR) is 80.0 cm³/mol. The maximum Gasteiger partial charge on any atom is 0.0455 e. The topological polar surface area (TPSA) is 29.3 Å². The van der Waals surface area contributed by atoms with Gasteiger partial charge in [-0.15, -0.1) is 0 Å². The van der Waals surface area contributed by atoms with Crippen LogP contribution in [0.1, 0.15) is 43.9 Å². The highest BCUT2D eigenvalue weighted by Gasteiger charge is 2.35. The van der Waals surface area contributed by atoms with Gasteiger partial charge in [-0.2, -0.15) is 0 Å². The van der Waals surface area contributed by atoms with Crippen LogP contribution in [0.3, 0.4) is 0 Å². The SMILES string of the molecule is CC(C)C1CCN(C2CCc3ccccc3C2N)C1. The van der Waals surface area contributed by atoms with Gasteiger partial charge in [0.2, 0.25) is 0 Å². The lowest BCUT2D eigenvalue weighted by molar-refractivity contribution is 0.179. The van der Waals surface area contributed by atoms with Crippen LogP contribution >= 0.6 is 0 Å². The average molecular weight is 258 g/mol. The van der Waals surface area contributed by atoms with E-state index in [2.05, 4.69) is 43.0 Å². The molecule has 0 bridgehead atoms. The van der Waals surface area contributed by atoms with Crippen LogP contribution in [-0.4, -0.2) is 24.0 Å². The van der Waals surface area contributed by atoms with Crippen LogP contribution in [0, 0.1) is 11.8 Å². The molecule has 2 N–H and O–H groups in total. The fourth-order valence-electron chi connectivity index (χ4n) is 3.85. The Balaban J connectivity index is 1.74. The molecule has 3 atom stereocenters. The van der Waals surface area contributed by atoms with Gasteiger partial charge in [-0.25, -0.2) is 0 Å². The molecule has 1 aromatic rings. The van der Waals surface area contributed by atoms with Gasteiger partial charge in [0.1, 0.15) is 0 Å². The second-order valence-corrected chi connectivity index (χ2v) is 6.62. The van der Waals surface area contributed by atoms with Crippen molar-refractivity contribution in [2.75, 3.05) is 13.1 Å². The Kier molecular flexibility index (Phi) is 3.64. The van der Waals surface area contributed by atoms with Gasteiger partial charge in [-0.3, -0.25) is 4.90 Å². The van der Waals surface area contributed by atoms with Gasteiger partial charge in [-0.1, -0.05) is 38.1 Å². The molecule has 0 radical (unpaired) electrons. The van der Waals surface area contributed by atoms with E-state index in [1.807, 2.05) is 0 Å². The van der Waals surface area contributed by atoms with E-state index >= 15 is 0 Å².